The van der Waals surface area contributed by atoms with E-state index >= 15 is 0 Å². The number of guanidine groups is 1. The lowest BCUT2D eigenvalue weighted by molar-refractivity contribution is -0.114. The lowest BCUT2D eigenvalue weighted by Gasteiger charge is -2.12. The zero-order chi connectivity index (χ0) is 16.8. The molecule has 0 fully saturated rings. The van der Waals surface area contributed by atoms with Gasteiger partial charge in [-0.15, -0.1) is 10.2 Å². The number of nitrogens with one attached hydrogen (secondary N) is 1. The molecule has 6 nitrogen and oxygen atoms in total. The molecule has 2 aromatic rings. The third kappa shape index (κ3) is 4.55. The van der Waals surface area contributed by atoms with Gasteiger partial charge in [-0.2, -0.15) is 0 Å². The Morgan fingerprint density at radius 2 is 1.78 bits per heavy atom. The van der Waals surface area contributed by atoms with E-state index in [-0.39, 0.29) is 11.9 Å². The van der Waals surface area contributed by atoms with Gasteiger partial charge in [0.25, 0.3) is 0 Å². The summed E-state index contributed by atoms with van der Waals surface area (Å²) in [6, 6.07) is 14.4. The van der Waals surface area contributed by atoms with Crippen molar-refractivity contribution >= 4 is 34.9 Å². The zero-order valence-electron chi connectivity index (χ0n) is 12.5. The maximum Gasteiger partial charge on any atom is 0.221 e. The molecule has 0 unspecified atom stereocenters. The van der Waals surface area contributed by atoms with Gasteiger partial charge in [-0.1, -0.05) is 41.9 Å². The molecule has 0 aliphatic rings. The minimum absolute atomic E-state index is 0.165. The first-order valence-electron chi connectivity index (χ1n) is 6.77. The monoisotopic (exact) mass is 329 g/mol. The summed E-state index contributed by atoms with van der Waals surface area (Å²) >= 11 is 6.09. The first-order chi connectivity index (χ1) is 11.0. The summed E-state index contributed by atoms with van der Waals surface area (Å²) in [6.45, 7) is 1.42. The number of rotatable bonds is 4. The van der Waals surface area contributed by atoms with Crippen molar-refractivity contribution in [2.45, 2.75) is 6.92 Å². The maximum absolute atomic E-state index is 11.4. The SMILES string of the molecule is CC(=O)Nc1ccc(Cl)cc1/C(=N\N=C(N)N)c1ccccc1. The van der Waals surface area contributed by atoms with Crippen LogP contribution in [-0.4, -0.2) is 17.6 Å². The molecule has 0 radical (unpaired) electrons. The lowest BCUT2D eigenvalue weighted by atomic mass is 10.0. The van der Waals surface area contributed by atoms with Crippen molar-refractivity contribution in [3.63, 3.8) is 0 Å². The summed E-state index contributed by atoms with van der Waals surface area (Å²) in [5.74, 6) is -0.371. The Morgan fingerprint density at radius 1 is 1.09 bits per heavy atom. The summed E-state index contributed by atoms with van der Waals surface area (Å²) in [5.41, 5.74) is 13.2. The third-order valence-corrected chi connectivity index (χ3v) is 3.10. The number of halogens is 1. The van der Waals surface area contributed by atoms with Gasteiger partial charge in [0.15, 0.2) is 0 Å². The standard InChI is InChI=1S/C16H16ClN5O/c1-10(23)20-14-8-7-12(17)9-13(14)15(21-22-16(18)19)11-5-3-2-4-6-11/h2-9H,1H3,(H,20,23)(H4,18,19,22)/b21-15-. The summed E-state index contributed by atoms with van der Waals surface area (Å²) in [4.78, 5) is 11.4. The molecule has 0 heterocycles. The molecule has 7 heteroatoms. The van der Waals surface area contributed by atoms with Gasteiger partial charge in [0, 0.05) is 23.1 Å². The molecule has 0 saturated heterocycles. The minimum Gasteiger partial charge on any atom is -0.369 e. The predicted octanol–water partition coefficient (Wildman–Crippen LogP) is 2.32. The number of benzene rings is 2. The summed E-state index contributed by atoms with van der Waals surface area (Å²) in [6.07, 6.45) is 0. The van der Waals surface area contributed by atoms with Crippen molar-refractivity contribution in [1.82, 2.24) is 0 Å². The van der Waals surface area contributed by atoms with E-state index in [1.54, 1.807) is 18.2 Å². The number of hydrogen-bond donors (Lipinski definition) is 3. The highest BCUT2D eigenvalue weighted by Crippen LogP contribution is 2.24. The van der Waals surface area contributed by atoms with Gasteiger partial charge < -0.3 is 16.8 Å². The lowest BCUT2D eigenvalue weighted by Crippen LogP contribution is -2.22. The van der Waals surface area contributed by atoms with Gasteiger partial charge in [0.1, 0.15) is 5.71 Å². The fourth-order valence-electron chi connectivity index (χ4n) is 1.98. The van der Waals surface area contributed by atoms with Crippen molar-refractivity contribution in [3.8, 4) is 0 Å². The molecule has 5 N–H and O–H groups in total. The van der Waals surface area contributed by atoms with Gasteiger partial charge >= 0.3 is 0 Å². The number of anilines is 1. The maximum atomic E-state index is 11.4. The number of nitrogens with two attached hydrogens (primary N) is 2. The van der Waals surface area contributed by atoms with Crippen LogP contribution in [0.1, 0.15) is 18.1 Å². The Labute approximate surface area is 138 Å². The fraction of sp³-hybridized carbons (Fsp3) is 0.0625. The molecule has 0 aromatic heterocycles. The Kier molecular flexibility index (Phi) is 5.32. The summed E-state index contributed by atoms with van der Waals surface area (Å²) in [7, 11) is 0. The van der Waals surface area contributed by atoms with Crippen LogP contribution in [0.4, 0.5) is 5.69 Å². The largest absolute Gasteiger partial charge is 0.369 e. The Balaban J connectivity index is 2.64. The highest BCUT2D eigenvalue weighted by atomic mass is 35.5. The minimum atomic E-state index is -0.206. The molecule has 2 rings (SSSR count). The second kappa shape index (κ2) is 7.42. The number of carbonyl (C=O) groups excluding carboxylic acids is 1. The summed E-state index contributed by atoms with van der Waals surface area (Å²) in [5, 5.41) is 11.1. The van der Waals surface area contributed by atoms with Crippen LogP contribution in [0.25, 0.3) is 0 Å². The van der Waals surface area contributed by atoms with Crippen LogP contribution in [0.3, 0.4) is 0 Å². The predicted molar refractivity (Wildman–Crippen MR) is 93.6 cm³/mol. The van der Waals surface area contributed by atoms with Crippen LogP contribution in [0.15, 0.2) is 58.7 Å². The van der Waals surface area contributed by atoms with Crippen LogP contribution in [0, 0.1) is 0 Å². The molecule has 0 aliphatic carbocycles. The normalized spacial score (nSPS) is 11.0. The van der Waals surface area contributed by atoms with Crippen molar-refractivity contribution in [1.29, 1.82) is 0 Å². The molecule has 23 heavy (non-hydrogen) atoms. The Bertz CT molecular complexity index is 767. The van der Waals surface area contributed by atoms with E-state index in [2.05, 4.69) is 15.5 Å². The number of carbonyl (C=O) groups is 1. The van der Waals surface area contributed by atoms with Crippen molar-refractivity contribution in [2.24, 2.45) is 21.7 Å². The molecule has 0 spiro atoms. The highest BCUT2D eigenvalue weighted by Gasteiger charge is 2.14. The van der Waals surface area contributed by atoms with E-state index in [1.165, 1.54) is 6.92 Å². The van der Waals surface area contributed by atoms with Crippen LogP contribution >= 0.6 is 11.6 Å². The average molecular weight is 330 g/mol. The first-order valence-corrected chi connectivity index (χ1v) is 7.14. The molecule has 0 atom stereocenters. The van der Waals surface area contributed by atoms with E-state index in [1.807, 2.05) is 30.3 Å². The molecule has 118 valence electrons. The van der Waals surface area contributed by atoms with Crippen LogP contribution in [0.2, 0.25) is 5.02 Å². The van der Waals surface area contributed by atoms with Crippen LogP contribution in [-0.2, 0) is 4.79 Å². The number of amides is 1. The number of nitrogens with zero attached hydrogens (tertiary/aromatic N) is 2. The zero-order valence-corrected chi connectivity index (χ0v) is 13.2. The molecule has 1 amide bonds. The molecule has 2 aromatic carbocycles. The molecule has 0 bridgehead atoms. The molecule has 0 aliphatic heterocycles. The first kappa shape index (κ1) is 16.5. The third-order valence-electron chi connectivity index (χ3n) is 2.86. The number of hydrogen-bond acceptors (Lipinski definition) is 3. The van der Waals surface area contributed by atoms with E-state index in [0.29, 0.717) is 22.0 Å². The van der Waals surface area contributed by atoms with Crippen molar-refractivity contribution in [3.05, 3.63) is 64.7 Å². The van der Waals surface area contributed by atoms with E-state index in [9.17, 15) is 4.79 Å². The van der Waals surface area contributed by atoms with Gasteiger partial charge in [-0.05, 0) is 18.2 Å². The van der Waals surface area contributed by atoms with E-state index < -0.39 is 0 Å². The smallest absolute Gasteiger partial charge is 0.221 e. The van der Waals surface area contributed by atoms with Crippen LogP contribution in [0.5, 0.6) is 0 Å². The van der Waals surface area contributed by atoms with Crippen molar-refractivity contribution < 1.29 is 4.79 Å². The van der Waals surface area contributed by atoms with Crippen molar-refractivity contribution in [2.75, 3.05) is 5.32 Å². The van der Waals surface area contributed by atoms with Gasteiger partial charge in [0.05, 0.1) is 5.69 Å². The van der Waals surface area contributed by atoms with Gasteiger partial charge in [-0.3, -0.25) is 4.79 Å². The highest BCUT2D eigenvalue weighted by molar-refractivity contribution is 6.31. The Morgan fingerprint density at radius 3 is 2.39 bits per heavy atom. The topological polar surface area (TPSA) is 106 Å². The molecular formula is C16H16ClN5O. The quantitative estimate of drug-likeness (QED) is 0.455. The van der Waals surface area contributed by atoms with Crippen LogP contribution < -0.4 is 16.8 Å². The average Bonchev–Trinajstić information content (AvgIpc) is 2.50. The van der Waals surface area contributed by atoms with Gasteiger partial charge in [-0.25, -0.2) is 0 Å². The van der Waals surface area contributed by atoms with E-state index in [0.717, 1.165) is 5.56 Å². The second-order valence-corrected chi connectivity index (χ2v) is 5.15. The summed E-state index contributed by atoms with van der Waals surface area (Å²) < 4.78 is 0. The Hall–Kier alpha value is -2.86. The second-order valence-electron chi connectivity index (χ2n) is 4.71. The fourth-order valence-corrected chi connectivity index (χ4v) is 2.15. The molecular weight excluding hydrogens is 314 g/mol. The van der Waals surface area contributed by atoms with E-state index in [4.69, 9.17) is 23.1 Å². The molecule has 0 saturated carbocycles. The van der Waals surface area contributed by atoms with Gasteiger partial charge in [0.2, 0.25) is 11.9 Å².